The monoisotopic (exact) mass is 230 g/mol. The highest BCUT2D eigenvalue weighted by molar-refractivity contribution is 5.81. The first-order valence-electron chi connectivity index (χ1n) is 5.07. The molecular weight excluding hydrogens is 219 g/mol. The zero-order chi connectivity index (χ0) is 12.1. The minimum atomic E-state index is -0.257. The van der Waals surface area contributed by atoms with Crippen LogP contribution in [-0.4, -0.2) is 18.3 Å². The number of rotatable bonds is 3. The Labute approximate surface area is 98.6 Å². The van der Waals surface area contributed by atoms with Gasteiger partial charge in [-0.2, -0.15) is 0 Å². The van der Waals surface area contributed by atoms with Crippen LogP contribution < -0.4 is 4.74 Å². The average Bonchev–Trinajstić information content (AvgIpc) is 2.38. The summed E-state index contributed by atoms with van der Waals surface area (Å²) in [7, 11) is 1.55. The number of nitrogens with zero attached hydrogens (tertiary/aromatic N) is 2. The molecule has 0 aliphatic rings. The lowest BCUT2D eigenvalue weighted by Gasteiger charge is -1.98. The van der Waals surface area contributed by atoms with Crippen LogP contribution in [0.15, 0.2) is 47.6 Å². The fourth-order valence-electron chi connectivity index (χ4n) is 1.29. The van der Waals surface area contributed by atoms with Crippen LogP contribution in [0.3, 0.4) is 0 Å². The molecule has 2 rings (SSSR count). The predicted molar refractivity (Wildman–Crippen MR) is 64.4 cm³/mol. The van der Waals surface area contributed by atoms with E-state index in [9.17, 15) is 4.39 Å². The van der Waals surface area contributed by atoms with Crippen molar-refractivity contribution in [1.82, 2.24) is 4.98 Å². The zero-order valence-corrected chi connectivity index (χ0v) is 9.30. The number of methoxy groups -OCH3 is 1. The number of pyridine rings is 1. The average molecular weight is 230 g/mol. The van der Waals surface area contributed by atoms with Crippen molar-refractivity contribution in [2.45, 2.75) is 0 Å². The van der Waals surface area contributed by atoms with Crippen molar-refractivity contribution in [3.8, 4) is 5.88 Å². The van der Waals surface area contributed by atoms with Crippen molar-refractivity contribution in [1.29, 1.82) is 0 Å². The van der Waals surface area contributed by atoms with Crippen molar-refractivity contribution in [2.75, 3.05) is 7.11 Å². The van der Waals surface area contributed by atoms with Crippen LogP contribution in [0.5, 0.6) is 5.88 Å². The first-order chi connectivity index (χ1) is 8.28. The van der Waals surface area contributed by atoms with Gasteiger partial charge in [0.05, 0.1) is 12.8 Å². The molecule has 0 bridgehead atoms. The molecule has 1 aromatic heterocycles. The largest absolute Gasteiger partial charge is 0.481 e. The van der Waals surface area contributed by atoms with Gasteiger partial charge in [-0.25, -0.2) is 9.37 Å². The molecule has 0 atom stereocenters. The molecule has 0 saturated carbocycles. The predicted octanol–water partition coefficient (Wildman–Crippen LogP) is 2.98. The summed E-state index contributed by atoms with van der Waals surface area (Å²) in [5.74, 6) is 0.256. The van der Waals surface area contributed by atoms with E-state index in [4.69, 9.17) is 4.74 Å². The van der Waals surface area contributed by atoms with E-state index in [1.165, 1.54) is 12.1 Å². The van der Waals surface area contributed by atoms with Crippen molar-refractivity contribution in [3.05, 3.63) is 54.0 Å². The minimum Gasteiger partial charge on any atom is -0.481 e. The number of benzene rings is 1. The van der Waals surface area contributed by atoms with E-state index in [0.29, 0.717) is 5.88 Å². The molecule has 0 unspecified atom stereocenters. The van der Waals surface area contributed by atoms with E-state index >= 15 is 0 Å². The van der Waals surface area contributed by atoms with Gasteiger partial charge in [-0.05, 0) is 23.8 Å². The third-order valence-electron chi connectivity index (χ3n) is 2.16. The maximum absolute atomic E-state index is 12.7. The lowest BCUT2D eigenvalue weighted by atomic mass is 10.2. The van der Waals surface area contributed by atoms with E-state index in [2.05, 4.69) is 9.98 Å². The fourth-order valence-corrected chi connectivity index (χ4v) is 1.29. The Bertz CT molecular complexity index is 523. The van der Waals surface area contributed by atoms with Gasteiger partial charge in [0.2, 0.25) is 5.88 Å². The standard InChI is InChI=1S/C13H11FN2O/c1-17-13-8-12(6-7-15-13)16-9-10-2-4-11(14)5-3-10/h2-9H,1H3. The SMILES string of the molecule is COc1cc(N=Cc2ccc(F)cc2)ccn1. The van der Waals surface area contributed by atoms with E-state index in [1.54, 1.807) is 43.8 Å². The van der Waals surface area contributed by atoms with Gasteiger partial charge in [-0.1, -0.05) is 12.1 Å². The first kappa shape index (κ1) is 11.3. The van der Waals surface area contributed by atoms with Gasteiger partial charge in [0, 0.05) is 18.5 Å². The number of ether oxygens (including phenoxy) is 1. The third-order valence-corrected chi connectivity index (χ3v) is 2.16. The fraction of sp³-hybridized carbons (Fsp3) is 0.0769. The highest BCUT2D eigenvalue weighted by Crippen LogP contribution is 2.16. The molecule has 1 heterocycles. The van der Waals surface area contributed by atoms with Crippen LogP contribution >= 0.6 is 0 Å². The van der Waals surface area contributed by atoms with E-state index in [0.717, 1.165) is 11.3 Å². The number of hydrogen-bond donors (Lipinski definition) is 0. The lowest BCUT2D eigenvalue weighted by molar-refractivity contribution is 0.398. The second-order valence-electron chi connectivity index (χ2n) is 3.37. The molecule has 17 heavy (non-hydrogen) atoms. The lowest BCUT2D eigenvalue weighted by Crippen LogP contribution is -1.85. The Morgan fingerprint density at radius 1 is 1.24 bits per heavy atom. The Hall–Kier alpha value is -2.23. The van der Waals surface area contributed by atoms with Crippen LogP contribution in [0.25, 0.3) is 0 Å². The molecular formula is C13H11FN2O. The van der Waals surface area contributed by atoms with Crippen LogP contribution in [0.4, 0.5) is 10.1 Å². The van der Waals surface area contributed by atoms with Gasteiger partial charge >= 0.3 is 0 Å². The molecule has 0 spiro atoms. The van der Waals surface area contributed by atoms with Crippen LogP contribution in [-0.2, 0) is 0 Å². The Morgan fingerprint density at radius 2 is 2.00 bits per heavy atom. The smallest absolute Gasteiger partial charge is 0.215 e. The summed E-state index contributed by atoms with van der Waals surface area (Å²) in [5.41, 5.74) is 1.57. The van der Waals surface area contributed by atoms with Crippen molar-refractivity contribution in [3.63, 3.8) is 0 Å². The van der Waals surface area contributed by atoms with E-state index in [1.807, 2.05) is 0 Å². The second kappa shape index (κ2) is 5.21. The normalized spacial score (nSPS) is 10.7. The molecule has 0 N–H and O–H groups in total. The quantitative estimate of drug-likeness (QED) is 0.760. The Kier molecular flexibility index (Phi) is 3.45. The number of hydrogen-bond acceptors (Lipinski definition) is 3. The summed E-state index contributed by atoms with van der Waals surface area (Å²) in [6.07, 6.45) is 3.28. The van der Waals surface area contributed by atoms with Gasteiger partial charge < -0.3 is 4.74 Å². The molecule has 0 aliphatic heterocycles. The summed E-state index contributed by atoms with van der Waals surface area (Å²) in [4.78, 5) is 8.23. The molecule has 86 valence electrons. The number of aromatic nitrogens is 1. The summed E-state index contributed by atoms with van der Waals surface area (Å²) in [6, 6.07) is 9.61. The van der Waals surface area contributed by atoms with Gasteiger partial charge in [0.1, 0.15) is 5.82 Å². The summed E-state index contributed by atoms with van der Waals surface area (Å²) in [5, 5.41) is 0. The highest BCUT2D eigenvalue weighted by atomic mass is 19.1. The van der Waals surface area contributed by atoms with Gasteiger partial charge in [-0.3, -0.25) is 4.99 Å². The zero-order valence-electron chi connectivity index (χ0n) is 9.30. The van der Waals surface area contributed by atoms with E-state index < -0.39 is 0 Å². The molecule has 0 fully saturated rings. The van der Waals surface area contributed by atoms with Crippen LogP contribution in [0.1, 0.15) is 5.56 Å². The van der Waals surface area contributed by atoms with Crippen molar-refractivity contribution in [2.24, 2.45) is 4.99 Å². The molecule has 0 radical (unpaired) electrons. The Balaban J connectivity index is 2.16. The third kappa shape index (κ3) is 3.11. The molecule has 2 aromatic rings. The van der Waals surface area contributed by atoms with Crippen molar-refractivity contribution < 1.29 is 9.13 Å². The number of aliphatic imine (C=N–C) groups is 1. The molecule has 4 heteroatoms. The first-order valence-corrected chi connectivity index (χ1v) is 5.07. The molecule has 3 nitrogen and oxygen atoms in total. The summed E-state index contributed by atoms with van der Waals surface area (Å²) < 4.78 is 17.7. The highest BCUT2D eigenvalue weighted by Gasteiger charge is 1.94. The van der Waals surface area contributed by atoms with Crippen LogP contribution in [0, 0.1) is 5.82 Å². The summed E-state index contributed by atoms with van der Waals surface area (Å²) >= 11 is 0. The van der Waals surface area contributed by atoms with Crippen LogP contribution in [0.2, 0.25) is 0 Å². The van der Waals surface area contributed by atoms with Gasteiger partial charge in [0.15, 0.2) is 0 Å². The summed E-state index contributed by atoms with van der Waals surface area (Å²) in [6.45, 7) is 0. The topological polar surface area (TPSA) is 34.5 Å². The second-order valence-corrected chi connectivity index (χ2v) is 3.37. The van der Waals surface area contributed by atoms with Gasteiger partial charge in [-0.15, -0.1) is 0 Å². The molecule has 0 aliphatic carbocycles. The Morgan fingerprint density at radius 3 is 2.71 bits per heavy atom. The van der Waals surface area contributed by atoms with E-state index in [-0.39, 0.29) is 5.82 Å². The van der Waals surface area contributed by atoms with Crippen molar-refractivity contribution >= 4 is 11.9 Å². The molecule has 0 saturated heterocycles. The maximum atomic E-state index is 12.7. The minimum absolute atomic E-state index is 0.257. The molecule has 0 amide bonds. The number of halogens is 1. The maximum Gasteiger partial charge on any atom is 0.215 e. The van der Waals surface area contributed by atoms with Gasteiger partial charge in [0.25, 0.3) is 0 Å². The molecule has 1 aromatic carbocycles.